The maximum Gasteiger partial charge on any atom is 0.289 e. The number of hydrogen-bond acceptors (Lipinski definition) is 5. The van der Waals surface area contributed by atoms with E-state index in [9.17, 15) is 5.11 Å². The monoisotopic (exact) mass is 469 g/mol. The second kappa shape index (κ2) is 7.08. The fourth-order valence-electron chi connectivity index (χ4n) is 2.20. The van der Waals surface area contributed by atoms with Gasteiger partial charge in [0.25, 0.3) is 10.7 Å². The largest absolute Gasteiger partial charge is 0.506 e. The number of hydrogen-bond donors (Lipinski definition) is 1. The van der Waals surface area contributed by atoms with Gasteiger partial charge in [-0.05, 0) is 52.4 Å². The first-order valence-corrected chi connectivity index (χ1v) is 8.97. The van der Waals surface area contributed by atoms with E-state index < -0.39 is 0 Å². The van der Waals surface area contributed by atoms with Gasteiger partial charge in [-0.2, -0.15) is 0 Å². The molecule has 124 valence electrons. The van der Waals surface area contributed by atoms with Crippen molar-refractivity contribution in [1.82, 2.24) is 9.78 Å². The average Bonchev–Trinajstić information content (AvgIpc) is 2.92. The molecule has 0 amide bonds. The van der Waals surface area contributed by atoms with Crippen molar-refractivity contribution < 1.29 is 9.52 Å². The first-order chi connectivity index (χ1) is 11.5. The molecule has 0 fully saturated rings. The predicted octanol–water partition coefficient (Wildman–Crippen LogP) is 5.20. The van der Waals surface area contributed by atoms with Crippen molar-refractivity contribution in [3.8, 4) is 17.2 Å². The summed E-state index contributed by atoms with van der Waals surface area (Å²) in [7, 11) is 1.94. The molecule has 0 radical (unpaired) electrons. The van der Waals surface area contributed by atoms with E-state index in [0.717, 1.165) is 10.2 Å². The van der Waals surface area contributed by atoms with Crippen LogP contribution in [0.4, 0.5) is 5.69 Å². The van der Waals surface area contributed by atoms with Crippen LogP contribution in [0.25, 0.3) is 11.5 Å². The molecule has 0 saturated heterocycles. The summed E-state index contributed by atoms with van der Waals surface area (Å²) in [5.41, 5.74) is 1.50. The Morgan fingerprint density at radius 1 is 1.25 bits per heavy atom. The molecule has 1 aromatic heterocycles. The molecule has 0 saturated carbocycles. The van der Waals surface area contributed by atoms with Crippen LogP contribution in [0, 0.1) is 4.84 Å². The Balaban J connectivity index is 1.93. The lowest BCUT2D eigenvalue weighted by atomic mass is 10.2. The topological polar surface area (TPSA) is 54.4 Å². The van der Waals surface area contributed by atoms with Gasteiger partial charge in [0.2, 0.25) is 0 Å². The van der Waals surface area contributed by atoms with E-state index >= 15 is 0 Å². The van der Waals surface area contributed by atoms with Gasteiger partial charge in [0.1, 0.15) is 12.4 Å². The molecule has 0 aliphatic heterocycles. The number of halogens is 2. The van der Waals surface area contributed by atoms with E-state index in [-0.39, 0.29) is 16.5 Å². The minimum atomic E-state index is 0.0537. The van der Waals surface area contributed by atoms with Gasteiger partial charge < -0.3 is 14.4 Å². The van der Waals surface area contributed by atoms with Gasteiger partial charge in [-0.15, -0.1) is 5.10 Å². The molecule has 0 unspecified atom stereocenters. The molecule has 0 aliphatic rings. The molecule has 1 heterocycles. The molecule has 1 N–H and O–H groups in total. The standard InChI is InChI=1S/C16H13Br2N3O2S/c1-20(11-5-3-2-4-6-11)9-21-16(24)23-15(19-21)12-7-10(17)8-13(18)14(12)22/h2-8,22H,9H2,1H3. The average molecular weight is 471 g/mol. The summed E-state index contributed by atoms with van der Waals surface area (Å²) < 4.78 is 8.48. The summed E-state index contributed by atoms with van der Waals surface area (Å²) in [5, 5.41) is 14.6. The summed E-state index contributed by atoms with van der Waals surface area (Å²) >= 11 is 11.9. The van der Waals surface area contributed by atoms with Crippen LogP contribution in [0.2, 0.25) is 0 Å². The second-order valence-corrected chi connectivity index (χ2v) is 7.25. The third-order valence-corrected chi connectivity index (χ3v) is 4.76. The minimum Gasteiger partial charge on any atom is -0.506 e. The highest BCUT2D eigenvalue weighted by molar-refractivity contribution is 9.11. The first-order valence-electron chi connectivity index (χ1n) is 6.98. The zero-order valence-electron chi connectivity index (χ0n) is 12.6. The summed E-state index contributed by atoms with van der Waals surface area (Å²) in [4.78, 5) is 2.24. The Morgan fingerprint density at radius 3 is 2.67 bits per heavy atom. The highest BCUT2D eigenvalue weighted by Gasteiger charge is 2.16. The summed E-state index contributed by atoms with van der Waals surface area (Å²) in [6, 6.07) is 13.4. The number of phenolic OH excluding ortho intramolecular Hbond substituents is 1. The van der Waals surface area contributed by atoms with Crippen molar-refractivity contribution in [3.05, 3.63) is 56.2 Å². The van der Waals surface area contributed by atoms with E-state index in [1.807, 2.05) is 42.3 Å². The van der Waals surface area contributed by atoms with Crippen LogP contribution in [0.1, 0.15) is 0 Å². The molecule has 3 rings (SSSR count). The quantitative estimate of drug-likeness (QED) is 0.531. The normalized spacial score (nSPS) is 10.8. The van der Waals surface area contributed by atoms with Crippen LogP contribution in [-0.2, 0) is 6.67 Å². The van der Waals surface area contributed by atoms with Crippen molar-refractivity contribution in [2.45, 2.75) is 6.67 Å². The van der Waals surface area contributed by atoms with Crippen LogP contribution in [-0.4, -0.2) is 21.9 Å². The number of phenols is 1. The zero-order valence-corrected chi connectivity index (χ0v) is 16.6. The van der Waals surface area contributed by atoms with Crippen molar-refractivity contribution in [3.63, 3.8) is 0 Å². The van der Waals surface area contributed by atoms with Crippen molar-refractivity contribution in [2.24, 2.45) is 0 Å². The fourth-order valence-corrected chi connectivity index (χ4v) is 3.60. The van der Waals surface area contributed by atoms with Crippen LogP contribution >= 0.6 is 44.1 Å². The highest BCUT2D eigenvalue weighted by Crippen LogP contribution is 2.37. The Labute approximate surface area is 160 Å². The Morgan fingerprint density at radius 2 is 1.96 bits per heavy atom. The van der Waals surface area contributed by atoms with E-state index in [1.54, 1.807) is 16.8 Å². The maximum absolute atomic E-state index is 10.2. The molecule has 0 atom stereocenters. The Bertz CT molecular complexity index is 925. The lowest BCUT2D eigenvalue weighted by Gasteiger charge is -2.18. The number of anilines is 1. The smallest absolute Gasteiger partial charge is 0.289 e. The predicted molar refractivity (Wildman–Crippen MR) is 103 cm³/mol. The van der Waals surface area contributed by atoms with Gasteiger partial charge in [0, 0.05) is 17.2 Å². The van der Waals surface area contributed by atoms with Crippen LogP contribution in [0.3, 0.4) is 0 Å². The van der Waals surface area contributed by atoms with Crippen molar-refractivity contribution in [1.29, 1.82) is 0 Å². The second-order valence-electron chi connectivity index (χ2n) is 5.13. The molecule has 0 spiro atoms. The molecule has 0 bridgehead atoms. The SMILES string of the molecule is CN(Cn1nc(-c2cc(Br)cc(Br)c2O)oc1=S)c1ccccc1. The van der Waals surface area contributed by atoms with E-state index in [0.29, 0.717) is 16.7 Å². The van der Waals surface area contributed by atoms with Gasteiger partial charge in [-0.25, -0.2) is 4.68 Å². The van der Waals surface area contributed by atoms with Gasteiger partial charge in [-0.3, -0.25) is 0 Å². The van der Waals surface area contributed by atoms with E-state index in [1.165, 1.54) is 0 Å². The molecule has 8 heteroatoms. The lowest BCUT2D eigenvalue weighted by molar-refractivity contribution is 0.468. The Kier molecular flexibility index (Phi) is 5.07. The molecule has 24 heavy (non-hydrogen) atoms. The zero-order chi connectivity index (χ0) is 17.3. The summed E-state index contributed by atoms with van der Waals surface area (Å²) in [6.45, 7) is 0.433. The highest BCUT2D eigenvalue weighted by atomic mass is 79.9. The number of benzene rings is 2. The third kappa shape index (κ3) is 3.55. The van der Waals surface area contributed by atoms with Gasteiger partial charge in [-0.1, -0.05) is 34.1 Å². The number of aromatic nitrogens is 2. The van der Waals surface area contributed by atoms with E-state index in [2.05, 4.69) is 37.0 Å². The van der Waals surface area contributed by atoms with Crippen LogP contribution in [0.5, 0.6) is 5.75 Å². The Hall–Kier alpha value is -1.64. The lowest BCUT2D eigenvalue weighted by Crippen LogP contribution is -2.22. The molecular formula is C16H13Br2N3O2S. The number of para-hydroxylation sites is 1. The summed E-state index contributed by atoms with van der Waals surface area (Å²) in [6.07, 6.45) is 0. The summed E-state index contributed by atoms with van der Waals surface area (Å²) in [5.74, 6) is 0.318. The van der Waals surface area contributed by atoms with Crippen molar-refractivity contribution >= 4 is 49.8 Å². The molecule has 0 aliphatic carbocycles. The minimum absolute atomic E-state index is 0.0537. The molecular weight excluding hydrogens is 458 g/mol. The molecule has 3 aromatic rings. The maximum atomic E-state index is 10.2. The van der Waals surface area contributed by atoms with Gasteiger partial charge in [0.05, 0.1) is 10.0 Å². The van der Waals surface area contributed by atoms with Gasteiger partial charge >= 0.3 is 0 Å². The number of rotatable bonds is 4. The fraction of sp³-hybridized carbons (Fsp3) is 0.125. The number of aromatic hydroxyl groups is 1. The van der Waals surface area contributed by atoms with Crippen LogP contribution < -0.4 is 4.90 Å². The van der Waals surface area contributed by atoms with Crippen molar-refractivity contribution in [2.75, 3.05) is 11.9 Å². The number of nitrogens with zero attached hydrogens (tertiary/aromatic N) is 3. The first kappa shape index (κ1) is 17.2. The third-order valence-electron chi connectivity index (χ3n) is 3.41. The van der Waals surface area contributed by atoms with Crippen LogP contribution in [0.15, 0.2) is 55.8 Å². The van der Waals surface area contributed by atoms with E-state index in [4.69, 9.17) is 16.6 Å². The molecule has 5 nitrogen and oxygen atoms in total. The van der Waals surface area contributed by atoms with Gasteiger partial charge in [0.15, 0.2) is 0 Å². The molecule has 2 aromatic carbocycles.